The highest BCUT2D eigenvalue weighted by Gasteiger charge is 2.19. The monoisotopic (exact) mass is 426 g/mol. The zero-order valence-electron chi connectivity index (χ0n) is 16.6. The Morgan fingerprint density at radius 3 is 2.87 bits per heavy atom. The average molecular weight is 426 g/mol. The van der Waals surface area contributed by atoms with Crippen LogP contribution in [-0.2, 0) is 16.1 Å². The molecule has 3 aromatic rings. The normalized spacial score (nSPS) is 16.0. The van der Waals surface area contributed by atoms with Crippen molar-refractivity contribution in [3.05, 3.63) is 70.1 Å². The van der Waals surface area contributed by atoms with E-state index in [0.29, 0.717) is 27.8 Å². The maximum Gasteiger partial charge on any atom is 0.339 e. The summed E-state index contributed by atoms with van der Waals surface area (Å²) in [6.07, 6.45) is 2.36. The number of hydrogen-bond donors (Lipinski definition) is 0. The molecule has 1 aliphatic heterocycles. The first kappa shape index (κ1) is 20.5. The molecule has 4 rings (SSSR count). The molecule has 1 fully saturated rings. The largest absolute Gasteiger partial charge is 0.497 e. The van der Waals surface area contributed by atoms with Gasteiger partial charge in [0.2, 0.25) is 0 Å². The first-order chi connectivity index (χ1) is 14.6. The van der Waals surface area contributed by atoms with E-state index in [2.05, 4.69) is 0 Å². The van der Waals surface area contributed by atoms with Crippen molar-refractivity contribution < 1.29 is 23.4 Å². The smallest absolute Gasteiger partial charge is 0.339 e. The molecule has 6 nitrogen and oxygen atoms in total. The number of fused-ring (bicyclic) bond motifs is 1. The second-order valence-corrected chi connectivity index (χ2v) is 8.03. The van der Waals surface area contributed by atoms with Gasteiger partial charge >= 0.3 is 11.6 Å². The predicted molar refractivity (Wildman–Crippen MR) is 114 cm³/mol. The highest BCUT2D eigenvalue weighted by molar-refractivity contribution is 7.99. The molecule has 2 aromatic carbocycles. The summed E-state index contributed by atoms with van der Waals surface area (Å²) in [6.45, 7) is 0.776. The van der Waals surface area contributed by atoms with E-state index in [9.17, 15) is 9.59 Å². The van der Waals surface area contributed by atoms with Crippen LogP contribution in [0.1, 0.15) is 28.8 Å². The van der Waals surface area contributed by atoms with Crippen molar-refractivity contribution in [1.82, 2.24) is 0 Å². The number of carbonyl (C=O) groups is 1. The van der Waals surface area contributed by atoms with Crippen LogP contribution >= 0.6 is 11.8 Å². The van der Waals surface area contributed by atoms with Crippen LogP contribution in [0.15, 0.2) is 62.6 Å². The third-order valence-corrected chi connectivity index (χ3v) is 6.16. The summed E-state index contributed by atoms with van der Waals surface area (Å²) < 4.78 is 21.6. The first-order valence-corrected chi connectivity index (χ1v) is 10.7. The van der Waals surface area contributed by atoms with Crippen molar-refractivity contribution in [1.29, 1.82) is 0 Å². The van der Waals surface area contributed by atoms with Crippen LogP contribution < -0.4 is 10.4 Å². The second kappa shape index (κ2) is 9.36. The van der Waals surface area contributed by atoms with Gasteiger partial charge < -0.3 is 18.6 Å². The van der Waals surface area contributed by atoms with Crippen LogP contribution in [0.4, 0.5) is 0 Å². The maximum absolute atomic E-state index is 12.8. The minimum atomic E-state index is -0.505. The second-order valence-electron chi connectivity index (χ2n) is 6.97. The number of hydrogen-bond acceptors (Lipinski definition) is 7. The number of thioether (sulfide) groups is 1. The van der Waals surface area contributed by atoms with E-state index in [-0.39, 0.29) is 12.7 Å². The first-order valence-electron chi connectivity index (χ1n) is 9.75. The molecule has 0 unspecified atom stereocenters. The van der Waals surface area contributed by atoms with Crippen LogP contribution in [-0.4, -0.2) is 31.5 Å². The lowest BCUT2D eigenvalue weighted by Gasteiger charge is -2.12. The van der Waals surface area contributed by atoms with Crippen LogP contribution in [0.5, 0.6) is 5.75 Å². The molecule has 2 heterocycles. The minimum Gasteiger partial charge on any atom is -0.497 e. The molecule has 0 radical (unpaired) electrons. The zero-order chi connectivity index (χ0) is 20.9. The molecular formula is C23H22O6S. The minimum absolute atomic E-state index is 0.0298. The van der Waals surface area contributed by atoms with Gasteiger partial charge in [0.25, 0.3) is 0 Å². The van der Waals surface area contributed by atoms with E-state index in [1.165, 1.54) is 6.07 Å². The van der Waals surface area contributed by atoms with Gasteiger partial charge in [0.15, 0.2) is 0 Å². The lowest BCUT2D eigenvalue weighted by Crippen LogP contribution is -2.11. The Kier molecular flexibility index (Phi) is 6.40. The zero-order valence-corrected chi connectivity index (χ0v) is 17.4. The number of carbonyl (C=O) groups excluding carboxylic acids is 1. The molecule has 30 heavy (non-hydrogen) atoms. The van der Waals surface area contributed by atoms with Crippen molar-refractivity contribution in [2.45, 2.75) is 30.4 Å². The third kappa shape index (κ3) is 4.68. The lowest BCUT2D eigenvalue weighted by molar-refractivity contribution is 0.0469. The van der Waals surface area contributed by atoms with Crippen molar-refractivity contribution in [2.75, 3.05) is 19.5 Å². The van der Waals surface area contributed by atoms with Crippen molar-refractivity contribution >= 4 is 28.7 Å². The summed E-state index contributed by atoms with van der Waals surface area (Å²) in [4.78, 5) is 25.5. The number of ether oxygens (including phenoxy) is 3. The predicted octanol–water partition coefficient (Wildman–Crippen LogP) is 4.43. The number of methoxy groups -OCH3 is 1. The van der Waals surface area contributed by atoms with Gasteiger partial charge in [-0.25, -0.2) is 9.59 Å². The Bertz CT molecular complexity index is 1100. The fourth-order valence-corrected chi connectivity index (χ4v) is 4.51. The fraction of sp³-hybridized carbons (Fsp3) is 0.304. The summed E-state index contributed by atoms with van der Waals surface area (Å²) in [5.74, 6) is 0.952. The summed E-state index contributed by atoms with van der Waals surface area (Å²) >= 11 is 1.60. The van der Waals surface area contributed by atoms with Crippen molar-refractivity contribution in [3.63, 3.8) is 0 Å². The molecule has 0 N–H and O–H groups in total. The van der Waals surface area contributed by atoms with E-state index in [4.69, 9.17) is 18.6 Å². The standard InChI is InChI=1S/C23H22O6S/c1-26-16-8-9-18-15(11-22(24)29-20(18)12-16)13-28-23(25)19-6-2-3-7-21(19)30-14-17-5-4-10-27-17/h2-3,6-9,11-12,17H,4-5,10,13-14H2,1H3/t17-/m1/s1. The Morgan fingerprint density at radius 2 is 2.07 bits per heavy atom. The molecule has 1 aliphatic rings. The number of esters is 1. The Morgan fingerprint density at radius 1 is 1.20 bits per heavy atom. The van der Waals surface area contributed by atoms with E-state index < -0.39 is 11.6 Å². The van der Waals surface area contributed by atoms with E-state index in [1.54, 1.807) is 43.1 Å². The molecule has 0 amide bonds. The van der Waals surface area contributed by atoms with Gasteiger partial charge in [-0.15, -0.1) is 11.8 Å². The van der Waals surface area contributed by atoms with Crippen LogP contribution in [0, 0.1) is 0 Å². The maximum atomic E-state index is 12.8. The Labute approximate surface area is 178 Å². The summed E-state index contributed by atoms with van der Waals surface area (Å²) in [5, 5.41) is 0.698. The average Bonchev–Trinajstić information content (AvgIpc) is 3.29. The van der Waals surface area contributed by atoms with Gasteiger partial charge in [-0.2, -0.15) is 0 Å². The molecule has 1 aromatic heterocycles. The molecule has 1 atom stereocenters. The van der Waals surface area contributed by atoms with Gasteiger partial charge in [0.05, 0.1) is 18.8 Å². The van der Waals surface area contributed by atoms with E-state index >= 15 is 0 Å². The van der Waals surface area contributed by atoms with E-state index in [0.717, 1.165) is 30.1 Å². The molecular weight excluding hydrogens is 404 g/mol. The molecule has 0 bridgehead atoms. The van der Waals surface area contributed by atoms with Gasteiger partial charge in [-0.1, -0.05) is 12.1 Å². The molecule has 7 heteroatoms. The van der Waals surface area contributed by atoms with E-state index in [1.807, 2.05) is 18.2 Å². The summed E-state index contributed by atoms with van der Waals surface area (Å²) in [7, 11) is 1.54. The highest BCUT2D eigenvalue weighted by Crippen LogP contribution is 2.28. The molecule has 1 saturated heterocycles. The molecule has 0 saturated carbocycles. The Hall–Kier alpha value is -2.77. The highest BCUT2D eigenvalue weighted by atomic mass is 32.2. The van der Waals surface area contributed by atoms with Crippen LogP contribution in [0.25, 0.3) is 11.0 Å². The summed E-state index contributed by atoms with van der Waals surface area (Å²) in [5.41, 5.74) is 0.978. The Balaban J connectivity index is 1.49. The van der Waals surface area contributed by atoms with Gasteiger partial charge in [0, 0.05) is 40.3 Å². The molecule has 0 spiro atoms. The fourth-order valence-electron chi connectivity index (χ4n) is 3.40. The van der Waals surface area contributed by atoms with Crippen molar-refractivity contribution in [3.8, 4) is 5.75 Å². The van der Waals surface area contributed by atoms with Crippen LogP contribution in [0.2, 0.25) is 0 Å². The molecule has 156 valence electrons. The van der Waals surface area contributed by atoms with Crippen LogP contribution in [0.3, 0.4) is 0 Å². The third-order valence-electron chi connectivity index (χ3n) is 4.95. The quantitative estimate of drug-likeness (QED) is 0.314. The van der Waals surface area contributed by atoms with Gasteiger partial charge in [0.1, 0.15) is 17.9 Å². The number of benzene rings is 2. The SMILES string of the molecule is COc1ccc2c(COC(=O)c3ccccc3SC[C@H]3CCCO3)cc(=O)oc2c1. The van der Waals surface area contributed by atoms with Crippen molar-refractivity contribution in [2.24, 2.45) is 0 Å². The van der Waals surface area contributed by atoms with Gasteiger partial charge in [-0.05, 0) is 37.1 Å². The number of rotatable bonds is 7. The van der Waals surface area contributed by atoms with Gasteiger partial charge in [-0.3, -0.25) is 0 Å². The summed E-state index contributed by atoms with van der Waals surface area (Å²) in [6, 6.07) is 13.9. The molecule has 0 aliphatic carbocycles. The lowest BCUT2D eigenvalue weighted by atomic mass is 10.1. The topological polar surface area (TPSA) is 75.0 Å².